The second kappa shape index (κ2) is 9.07. The van der Waals surface area contributed by atoms with E-state index in [9.17, 15) is 19.1 Å². The third-order valence-corrected chi connectivity index (χ3v) is 5.99. The van der Waals surface area contributed by atoms with Crippen LogP contribution >= 0.6 is 11.6 Å². The molecule has 33 heavy (non-hydrogen) atoms. The Hall–Kier alpha value is -3.65. The number of nitrogens with two attached hydrogens (primary N) is 1. The lowest BCUT2D eigenvalue weighted by atomic mass is 9.98. The number of ether oxygens (including phenoxy) is 1. The number of hydrogen-bond acceptors (Lipinski definition) is 5. The van der Waals surface area contributed by atoms with Gasteiger partial charge in [-0.05, 0) is 54.3 Å². The molecule has 0 saturated carbocycles. The van der Waals surface area contributed by atoms with Crippen LogP contribution in [0.2, 0.25) is 5.02 Å². The Balaban J connectivity index is 1.89. The van der Waals surface area contributed by atoms with E-state index in [1.54, 1.807) is 18.2 Å². The molecule has 0 fully saturated rings. The molecule has 0 radical (unpaired) electrons. The van der Waals surface area contributed by atoms with E-state index in [0.29, 0.717) is 35.3 Å². The highest BCUT2D eigenvalue weighted by Crippen LogP contribution is 2.43. The van der Waals surface area contributed by atoms with Crippen molar-refractivity contribution in [3.63, 3.8) is 0 Å². The maximum Gasteiger partial charge on any atom is 0.259 e. The number of fused-ring (bicyclic) bond motifs is 1. The lowest BCUT2D eigenvalue weighted by Crippen LogP contribution is -2.43. The molecule has 3 N–H and O–H groups in total. The molecule has 1 aromatic heterocycles. The van der Waals surface area contributed by atoms with E-state index >= 15 is 0 Å². The lowest BCUT2D eigenvalue weighted by Gasteiger charge is -2.36. The number of phenolic OH excluding ortho intramolecular Hbond substituents is 1. The lowest BCUT2D eigenvalue weighted by molar-refractivity contribution is -0.123. The van der Waals surface area contributed by atoms with Crippen molar-refractivity contribution in [3.05, 3.63) is 88.0 Å². The maximum absolute atomic E-state index is 14.6. The van der Waals surface area contributed by atoms with Gasteiger partial charge in [0.25, 0.3) is 5.91 Å². The molecule has 4 rings (SSSR count). The molecule has 1 aliphatic rings. The number of pyridine rings is 1. The molecule has 0 spiro atoms. The van der Waals surface area contributed by atoms with E-state index in [2.05, 4.69) is 4.98 Å². The molecule has 9 heteroatoms. The van der Waals surface area contributed by atoms with Crippen LogP contribution in [0.4, 0.5) is 4.39 Å². The summed E-state index contributed by atoms with van der Waals surface area (Å²) in [4.78, 5) is 31.8. The summed E-state index contributed by atoms with van der Waals surface area (Å²) in [7, 11) is 1.43. The van der Waals surface area contributed by atoms with E-state index < -0.39 is 29.7 Å². The van der Waals surface area contributed by atoms with Crippen LogP contribution in [0.3, 0.4) is 0 Å². The predicted molar refractivity (Wildman–Crippen MR) is 119 cm³/mol. The second-order valence-corrected chi connectivity index (χ2v) is 8.13. The highest BCUT2D eigenvalue weighted by molar-refractivity contribution is 6.30. The normalized spacial score (nSPS) is 15.5. The zero-order chi connectivity index (χ0) is 23.7. The summed E-state index contributed by atoms with van der Waals surface area (Å²) in [6.07, 6.45) is 3.67. The number of rotatable bonds is 6. The second-order valence-electron chi connectivity index (χ2n) is 7.70. The first-order valence-corrected chi connectivity index (χ1v) is 10.6. The Bertz CT molecular complexity index is 1220. The Morgan fingerprint density at radius 2 is 2.09 bits per heavy atom. The van der Waals surface area contributed by atoms with E-state index in [4.69, 9.17) is 22.1 Å². The number of hydrogen-bond donors (Lipinski definition) is 2. The minimum atomic E-state index is -1.22. The van der Waals surface area contributed by atoms with Crippen LogP contribution in [0.1, 0.15) is 45.6 Å². The quantitative estimate of drug-likeness (QED) is 0.568. The van der Waals surface area contributed by atoms with Crippen LogP contribution < -0.4 is 10.5 Å². The van der Waals surface area contributed by atoms with E-state index in [1.807, 2.05) is 0 Å². The van der Waals surface area contributed by atoms with Gasteiger partial charge in [-0.1, -0.05) is 17.7 Å². The molecule has 0 aliphatic heterocycles. The fourth-order valence-electron chi connectivity index (χ4n) is 4.31. The van der Waals surface area contributed by atoms with Crippen molar-refractivity contribution in [2.75, 3.05) is 7.11 Å². The molecule has 2 aromatic carbocycles. The molecular weight excluding hydrogens is 449 g/mol. The molecule has 1 heterocycles. The van der Waals surface area contributed by atoms with Crippen LogP contribution in [0.5, 0.6) is 11.5 Å². The van der Waals surface area contributed by atoms with Crippen molar-refractivity contribution >= 4 is 23.4 Å². The fraction of sp³-hybridized carbons (Fsp3) is 0.208. The fourth-order valence-corrected chi connectivity index (χ4v) is 4.52. The maximum atomic E-state index is 14.6. The molecule has 2 amide bonds. The molecule has 3 aromatic rings. The molecule has 7 nitrogen and oxygen atoms in total. The molecular formula is C24H21ClFN3O4. The average Bonchev–Trinajstić information content (AvgIpc) is 3.20. The first-order valence-electron chi connectivity index (χ1n) is 10.2. The molecule has 0 bridgehead atoms. The van der Waals surface area contributed by atoms with Crippen molar-refractivity contribution in [1.29, 1.82) is 0 Å². The summed E-state index contributed by atoms with van der Waals surface area (Å²) in [5, 5.41) is 10.7. The first-order chi connectivity index (χ1) is 15.8. The van der Waals surface area contributed by atoms with Crippen LogP contribution in [0.25, 0.3) is 0 Å². The van der Waals surface area contributed by atoms with Gasteiger partial charge in [-0.15, -0.1) is 0 Å². The van der Waals surface area contributed by atoms with E-state index in [-0.39, 0.29) is 16.3 Å². The Kier molecular flexibility index (Phi) is 6.20. The Labute approximate surface area is 194 Å². The average molecular weight is 470 g/mol. The molecule has 170 valence electrons. The first kappa shape index (κ1) is 22.5. The Morgan fingerprint density at radius 3 is 2.73 bits per heavy atom. The zero-order valence-electron chi connectivity index (χ0n) is 17.7. The highest BCUT2D eigenvalue weighted by Gasteiger charge is 2.41. The van der Waals surface area contributed by atoms with Gasteiger partial charge >= 0.3 is 0 Å². The summed E-state index contributed by atoms with van der Waals surface area (Å²) < 4.78 is 19.7. The minimum absolute atomic E-state index is 0.0538. The standard InChI is InChI=1S/C24H21ClFN3O4/c1-33-15-4-5-17(21(30)11-15)24(32)29(22(23(27)31)13-3-2-8-28-12-13)20-7-6-16-18(20)9-14(25)10-19(16)26/h2-5,8-12,20,22,30H,6-7H2,1H3,(H2,27,31)/t20-,22-/m1/s1. The van der Waals surface area contributed by atoms with Gasteiger partial charge in [0.1, 0.15) is 23.4 Å². The smallest absolute Gasteiger partial charge is 0.259 e. The number of carbonyl (C=O) groups is 2. The SMILES string of the molecule is COc1ccc(C(=O)N([C@@H]2CCc3c(F)cc(Cl)cc32)[C@@H](C(N)=O)c2cccnc2)c(O)c1. The van der Waals surface area contributed by atoms with Gasteiger partial charge in [0.05, 0.1) is 18.7 Å². The molecule has 2 atom stereocenters. The molecule has 1 aliphatic carbocycles. The van der Waals surface area contributed by atoms with Crippen molar-refractivity contribution in [1.82, 2.24) is 9.88 Å². The van der Waals surface area contributed by atoms with Crippen molar-refractivity contribution in [2.45, 2.75) is 24.9 Å². The highest BCUT2D eigenvalue weighted by atomic mass is 35.5. The number of phenols is 1. The van der Waals surface area contributed by atoms with Gasteiger partial charge < -0.3 is 20.5 Å². The number of primary amides is 1. The number of benzene rings is 2. The van der Waals surface area contributed by atoms with Crippen molar-refractivity contribution in [3.8, 4) is 11.5 Å². The largest absolute Gasteiger partial charge is 0.507 e. The summed E-state index contributed by atoms with van der Waals surface area (Å²) in [5.74, 6) is -1.89. The monoisotopic (exact) mass is 469 g/mol. The summed E-state index contributed by atoms with van der Waals surface area (Å²) in [5.41, 5.74) is 7.03. The van der Waals surface area contributed by atoms with Gasteiger partial charge in [0.2, 0.25) is 5.91 Å². The van der Waals surface area contributed by atoms with Crippen LogP contribution in [-0.4, -0.2) is 33.9 Å². The van der Waals surface area contributed by atoms with Gasteiger partial charge in [-0.3, -0.25) is 14.6 Å². The predicted octanol–water partition coefficient (Wildman–Crippen LogP) is 3.94. The number of carbonyl (C=O) groups excluding carboxylic acids is 2. The summed E-state index contributed by atoms with van der Waals surface area (Å²) in [6, 6.07) is 8.36. The summed E-state index contributed by atoms with van der Waals surface area (Å²) >= 11 is 6.11. The number of aromatic nitrogens is 1. The Morgan fingerprint density at radius 1 is 1.30 bits per heavy atom. The third kappa shape index (κ3) is 4.21. The van der Waals surface area contributed by atoms with Crippen molar-refractivity contribution < 1.29 is 23.8 Å². The van der Waals surface area contributed by atoms with E-state index in [0.717, 1.165) is 0 Å². The van der Waals surface area contributed by atoms with Crippen LogP contribution in [0.15, 0.2) is 54.9 Å². The topological polar surface area (TPSA) is 106 Å². The van der Waals surface area contributed by atoms with Gasteiger partial charge in [0, 0.05) is 29.0 Å². The number of nitrogens with zero attached hydrogens (tertiary/aromatic N) is 2. The molecule has 0 saturated heterocycles. The molecule has 0 unspecified atom stereocenters. The van der Waals surface area contributed by atoms with Crippen LogP contribution in [0, 0.1) is 5.82 Å². The number of amides is 2. The van der Waals surface area contributed by atoms with Gasteiger partial charge in [0.15, 0.2) is 0 Å². The van der Waals surface area contributed by atoms with E-state index in [1.165, 1.54) is 48.7 Å². The number of halogens is 2. The number of methoxy groups -OCH3 is 1. The van der Waals surface area contributed by atoms with Gasteiger partial charge in [-0.25, -0.2) is 4.39 Å². The number of aromatic hydroxyl groups is 1. The van der Waals surface area contributed by atoms with Gasteiger partial charge in [-0.2, -0.15) is 0 Å². The summed E-state index contributed by atoms with van der Waals surface area (Å²) in [6.45, 7) is 0. The minimum Gasteiger partial charge on any atom is -0.507 e. The third-order valence-electron chi connectivity index (χ3n) is 5.77. The zero-order valence-corrected chi connectivity index (χ0v) is 18.4. The van der Waals surface area contributed by atoms with Crippen LogP contribution in [-0.2, 0) is 11.2 Å². The van der Waals surface area contributed by atoms with Crippen molar-refractivity contribution in [2.24, 2.45) is 5.73 Å².